The van der Waals surface area contributed by atoms with Gasteiger partial charge in [-0.3, -0.25) is 0 Å². The van der Waals surface area contributed by atoms with Crippen molar-refractivity contribution >= 4 is 11.6 Å². The molecule has 0 atom stereocenters. The van der Waals surface area contributed by atoms with Crippen molar-refractivity contribution in [1.29, 1.82) is 0 Å². The topological polar surface area (TPSA) is 47.0 Å². The molecular weight excluding hydrogens is 202 g/mol. The number of nitrogens with one attached hydrogen (secondary N) is 1. The van der Waals surface area contributed by atoms with Crippen molar-refractivity contribution < 1.29 is 4.74 Å². The molecule has 0 amide bonds. The number of hydrogen-bond acceptors (Lipinski definition) is 4. The zero-order valence-corrected chi connectivity index (χ0v) is 9.08. The van der Waals surface area contributed by atoms with Gasteiger partial charge in [0.05, 0.1) is 0 Å². The van der Waals surface area contributed by atoms with Gasteiger partial charge in [-0.25, -0.2) is 0 Å². The molecule has 0 aromatic carbocycles. The van der Waals surface area contributed by atoms with E-state index in [0.717, 1.165) is 6.54 Å². The fraction of sp³-hybridized carbons (Fsp3) is 0.556. The molecule has 0 aliphatic rings. The van der Waals surface area contributed by atoms with Crippen LogP contribution < -0.4 is 10.1 Å². The summed E-state index contributed by atoms with van der Waals surface area (Å²) in [7, 11) is 0. The van der Waals surface area contributed by atoms with Crippen LogP contribution >= 0.6 is 11.6 Å². The number of hydrogen-bond donors (Lipinski definition) is 1. The van der Waals surface area contributed by atoms with Crippen molar-refractivity contribution in [2.24, 2.45) is 0 Å². The lowest BCUT2D eigenvalue weighted by Crippen LogP contribution is -2.27. The molecule has 0 aliphatic carbocycles. The van der Waals surface area contributed by atoms with E-state index < -0.39 is 0 Å². The number of halogens is 1. The predicted molar refractivity (Wildman–Crippen MR) is 55.7 cm³/mol. The van der Waals surface area contributed by atoms with Crippen LogP contribution in [0.25, 0.3) is 0 Å². The van der Waals surface area contributed by atoms with E-state index in [9.17, 15) is 0 Å². The van der Waals surface area contributed by atoms with Crippen molar-refractivity contribution in [3.8, 4) is 5.88 Å². The molecule has 4 nitrogen and oxygen atoms in total. The maximum Gasteiger partial charge on any atom is 0.233 e. The van der Waals surface area contributed by atoms with Gasteiger partial charge in [-0.1, -0.05) is 25.4 Å². The first-order valence-electron chi connectivity index (χ1n) is 4.54. The van der Waals surface area contributed by atoms with E-state index in [2.05, 4.69) is 29.4 Å². The van der Waals surface area contributed by atoms with E-state index in [1.165, 1.54) is 0 Å². The Kier molecular flexibility index (Phi) is 4.62. The molecule has 14 heavy (non-hydrogen) atoms. The van der Waals surface area contributed by atoms with Gasteiger partial charge in [0.2, 0.25) is 5.88 Å². The summed E-state index contributed by atoms with van der Waals surface area (Å²) in [5.41, 5.74) is 0. The number of aromatic nitrogens is 2. The number of nitrogens with zero attached hydrogens (tertiary/aromatic N) is 2. The van der Waals surface area contributed by atoms with E-state index in [1.807, 2.05) is 0 Å². The van der Waals surface area contributed by atoms with E-state index in [4.69, 9.17) is 16.3 Å². The SMILES string of the molecule is CC(C)NCCOc1ccc(Cl)nn1. The van der Waals surface area contributed by atoms with Gasteiger partial charge >= 0.3 is 0 Å². The molecule has 1 aromatic heterocycles. The summed E-state index contributed by atoms with van der Waals surface area (Å²) in [5, 5.41) is 11.0. The molecule has 0 radical (unpaired) electrons. The van der Waals surface area contributed by atoms with E-state index in [0.29, 0.717) is 23.7 Å². The predicted octanol–water partition coefficient (Wildman–Crippen LogP) is 1.51. The highest BCUT2D eigenvalue weighted by Crippen LogP contribution is 2.07. The Morgan fingerprint density at radius 3 is 2.79 bits per heavy atom. The maximum absolute atomic E-state index is 5.57. The fourth-order valence-electron chi connectivity index (χ4n) is 0.884. The van der Waals surface area contributed by atoms with Crippen LogP contribution in [0.5, 0.6) is 5.88 Å². The monoisotopic (exact) mass is 215 g/mol. The molecule has 0 bridgehead atoms. The van der Waals surface area contributed by atoms with E-state index in [-0.39, 0.29) is 0 Å². The minimum Gasteiger partial charge on any atom is -0.475 e. The van der Waals surface area contributed by atoms with Crippen LogP contribution in [0, 0.1) is 0 Å². The highest BCUT2D eigenvalue weighted by molar-refractivity contribution is 6.29. The first kappa shape index (κ1) is 11.2. The molecule has 1 N–H and O–H groups in total. The lowest BCUT2D eigenvalue weighted by molar-refractivity contribution is 0.294. The van der Waals surface area contributed by atoms with Crippen molar-refractivity contribution in [2.75, 3.05) is 13.2 Å². The largest absolute Gasteiger partial charge is 0.475 e. The van der Waals surface area contributed by atoms with Gasteiger partial charge < -0.3 is 10.1 Å². The van der Waals surface area contributed by atoms with Crippen LogP contribution in [0.2, 0.25) is 5.15 Å². The lowest BCUT2D eigenvalue weighted by atomic mass is 10.4. The smallest absolute Gasteiger partial charge is 0.233 e. The third kappa shape index (κ3) is 4.39. The molecular formula is C9H14ClN3O. The summed E-state index contributed by atoms with van der Waals surface area (Å²) < 4.78 is 5.32. The second-order valence-electron chi connectivity index (χ2n) is 3.15. The van der Waals surface area contributed by atoms with Gasteiger partial charge in [-0.2, -0.15) is 0 Å². The van der Waals surface area contributed by atoms with Crippen molar-refractivity contribution in [2.45, 2.75) is 19.9 Å². The maximum atomic E-state index is 5.57. The molecule has 0 saturated heterocycles. The molecule has 1 rings (SSSR count). The molecule has 78 valence electrons. The van der Waals surface area contributed by atoms with Gasteiger partial charge in [0, 0.05) is 18.7 Å². The number of rotatable bonds is 5. The average Bonchev–Trinajstić information content (AvgIpc) is 2.15. The molecule has 0 fully saturated rings. The Balaban J connectivity index is 2.21. The highest BCUT2D eigenvalue weighted by atomic mass is 35.5. The minimum atomic E-state index is 0.373. The van der Waals surface area contributed by atoms with Gasteiger partial charge in [0.1, 0.15) is 6.61 Å². The second-order valence-corrected chi connectivity index (χ2v) is 3.54. The first-order valence-corrected chi connectivity index (χ1v) is 4.91. The Morgan fingerprint density at radius 1 is 1.43 bits per heavy atom. The molecule has 0 aliphatic heterocycles. The summed E-state index contributed by atoms with van der Waals surface area (Å²) >= 11 is 5.57. The Hall–Kier alpha value is -0.870. The summed E-state index contributed by atoms with van der Waals surface area (Å²) in [4.78, 5) is 0. The molecule has 0 spiro atoms. The van der Waals surface area contributed by atoms with E-state index in [1.54, 1.807) is 12.1 Å². The van der Waals surface area contributed by atoms with Crippen molar-refractivity contribution in [3.63, 3.8) is 0 Å². The zero-order chi connectivity index (χ0) is 10.4. The zero-order valence-electron chi connectivity index (χ0n) is 8.33. The molecule has 1 heterocycles. The molecule has 1 aromatic rings. The standard InChI is InChI=1S/C9H14ClN3O/c1-7(2)11-5-6-14-9-4-3-8(10)12-13-9/h3-4,7,11H,5-6H2,1-2H3. The second kappa shape index (κ2) is 5.78. The summed E-state index contributed by atoms with van der Waals surface area (Å²) in [6, 6.07) is 3.82. The van der Waals surface area contributed by atoms with E-state index >= 15 is 0 Å². The van der Waals surface area contributed by atoms with Crippen molar-refractivity contribution in [1.82, 2.24) is 15.5 Å². The van der Waals surface area contributed by atoms with Crippen LogP contribution in [0.4, 0.5) is 0 Å². The number of ether oxygens (including phenoxy) is 1. The minimum absolute atomic E-state index is 0.373. The quantitative estimate of drug-likeness (QED) is 0.757. The average molecular weight is 216 g/mol. The molecule has 5 heteroatoms. The van der Waals surface area contributed by atoms with Gasteiger partial charge in [-0.15, -0.1) is 10.2 Å². The van der Waals surface area contributed by atoms with Crippen LogP contribution in [0.3, 0.4) is 0 Å². The Bertz CT molecular complexity index is 263. The fourth-order valence-corrected chi connectivity index (χ4v) is 0.985. The van der Waals surface area contributed by atoms with Crippen LogP contribution in [0.15, 0.2) is 12.1 Å². The van der Waals surface area contributed by atoms with Crippen LogP contribution in [-0.4, -0.2) is 29.4 Å². The normalized spacial score (nSPS) is 10.6. The third-order valence-electron chi connectivity index (χ3n) is 1.51. The van der Waals surface area contributed by atoms with Gasteiger partial charge in [0.25, 0.3) is 0 Å². The highest BCUT2D eigenvalue weighted by Gasteiger charge is 1.96. The van der Waals surface area contributed by atoms with Crippen LogP contribution in [0.1, 0.15) is 13.8 Å². The van der Waals surface area contributed by atoms with Gasteiger partial charge in [0.15, 0.2) is 5.15 Å². The Morgan fingerprint density at radius 2 is 2.21 bits per heavy atom. The van der Waals surface area contributed by atoms with Crippen LogP contribution in [-0.2, 0) is 0 Å². The third-order valence-corrected chi connectivity index (χ3v) is 1.71. The summed E-state index contributed by atoms with van der Waals surface area (Å²) in [5.74, 6) is 0.500. The van der Waals surface area contributed by atoms with Gasteiger partial charge in [-0.05, 0) is 6.07 Å². The lowest BCUT2D eigenvalue weighted by Gasteiger charge is -2.08. The molecule has 0 saturated carbocycles. The first-order chi connectivity index (χ1) is 6.68. The van der Waals surface area contributed by atoms with Crippen molar-refractivity contribution in [3.05, 3.63) is 17.3 Å². The summed E-state index contributed by atoms with van der Waals surface area (Å²) in [6.45, 7) is 5.54. The Labute approximate surface area is 88.6 Å². The summed E-state index contributed by atoms with van der Waals surface area (Å²) in [6.07, 6.45) is 0. The molecule has 0 unspecified atom stereocenters.